The van der Waals surface area contributed by atoms with Crippen molar-refractivity contribution in [3.63, 3.8) is 0 Å². The molecule has 54 heavy (non-hydrogen) atoms. The van der Waals surface area contributed by atoms with Crippen LogP contribution in [0.2, 0.25) is 0 Å². The first-order chi connectivity index (χ1) is 25.5. The van der Waals surface area contributed by atoms with Gasteiger partial charge in [0.2, 0.25) is 0 Å². The normalized spacial score (nSPS) is 38.4. The van der Waals surface area contributed by atoms with Crippen LogP contribution in [0.4, 0.5) is 4.79 Å². The number of aromatic nitrogens is 1. The minimum absolute atomic E-state index is 0.0601. The van der Waals surface area contributed by atoms with Crippen molar-refractivity contribution < 1.29 is 48.0 Å². The minimum atomic E-state index is -1.38. The number of carbonyl (C=O) groups is 4. The highest BCUT2D eigenvalue weighted by Crippen LogP contribution is 2.40. The Kier molecular flexibility index (Phi) is 13.0. The van der Waals surface area contributed by atoms with Gasteiger partial charge in [0.05, 0.1) is 36.0 Å². The number of cyclic esters (lactones) is 1. The Labute approximate surface area is 317 Å². The van der Waals surface area contributed by atoms with E-state index >= 15 is 0 Å². The predicted octanol–water partition coefficient (Wildman–Crippen LogP) is 4.77. The fraction of sp³-hybridized carbons (Fsp3) is 0.634. The molecule has 4 heterocycles. The Balaban J connectivity index is 1.55. The maximum atomic E-state index is 14.4. The summed E-state index contributed by atoms with van der Waals surface area (Å²) in [6.45, 7) is 13.8. The summed E-state index contributed by atoms with van der Waals surface area (Å²) in [5, 5.41) is 18.3. The predicted molar refractivity (Wildman–Crippen MR) is 201 cm³/mol. The Morgan fingerprint density at radius 1 is 1.06 bits per heavy atom. The molecule has 3 fully saturated rings. The first-order valence-corrected chi connectivity index (χ1v) is 19.1. The maximum Gasteiger partial charge on any atom is 0.408 e. The molecule has 13 atom stereocenters. The fourth-order valence-corrected chi connectivity index (χ4v) is 8.53. The molecular formula is C41H57N3O10. The van der Waals surface area contributed by atoms with Crippen molar-refractivity contribution in [2.75, 3.05) is 13.7 Å². The Bertz CT molecular complexity index is 1720. The van der Waals surface area contributed by atoms with Gasteiger partial charge < -0.3 is 39.4 Å². The third-order valence-corrected chi connectivity index (χ3v) is 11.6. The van der Waals surface area contributed by atoms with Gasteiger partial charge in [0, 0.05) is 35.4 Å². The second-order valence-corrected chi connectivity index (χ2v) is 15.7. The molecule has 0 radical (unpaired) electrons. The number of ether oxygens (including phenoxy) is 5. The van der Waals surface area contributed by atoms with E-state index in [1.165, 1.54) is 6.92 Å². The van der Waals surface area contributed by atoms with Gasteiger partial charge >= 0.3 is 12.1 Å². The summed E-state index contributed by atoms with van der Waals surface area (Å²) in [6.07, 6.45) is 1.06. The van der Waals surface area contributed by atoms with Crippen molar-refractivity contribution in [3.05, 3.63) is 48.2 Å². The molecule has 5 rings (SSSR count). The number of ketones is 2. The lowest BCUT2D eigenvalue weighted by Crippen LogP contribution is -2.60. The summed E-state index contributed by atoms with van der Waals surface area (Å²) < 4.78 is 31.2. The number of hydrogen-bond acceptors (Lipinski definition) is 12. The first-order valence-electron chi connectivity index (χ1n) is 19.1. The minimum Gasteiger partial charge on any atom is -0.458 e. The van der Waals surface area contributed by atoms with Crippen molar-refractivity contribution in [2.24, 2.45) is 23.7 Å². The van der Waals surface area contributed by atoms with Crippen LogP contribution >= 0.6 is 0 Å². The van der Waals surface area contributed by atoms with Crippen molar-refractivity contribution in [1.82, 2.24) is 15.6 Å². The highest BCUT2D eigenvalue weighted by molar-refractivity contribution is 6.00. The summed E-state index contributed by atoms with van der Waals surface area (Å²) in [6, 6.07) is 8.64. The number of esters is 1. The highest BCUT2D eigenvalue weighted by atomic mass is 16.7. The molecule has 1 aromatic carbocycles. The number of nitrogens with one attached hydrogen (secondary N) is 2. The Morgan fingerprint density at radius 3 is 2.48 bits per heavy atom. The lowest BCUT2D eigenvalue weighted by molar-refractivity contribution is -0.291. The van der Waals surface area contributed by atoms with Gasteiger partial charge in [-0.3, -0.25) is 19.4 Å². The topological polar surface area (TPSA) is 172 Å². The van der Waals surface area contributed by atoms with Gasteiger partial charge in [-0.25, -0.2) is 4.79 Å². The monoisotopic (exact) mass is 751 g/mol. The number of nitrogens with zero attached hydrogens (tertiary/aromatic N) is 1. The number of carbonyl (C=O) groups excluding carboxylic acids is 4. The van der Waals surface area contributed by atoms with Gasteiger partial charge in [0.25, 0.3) is 0 Å². The largest absolute Gasteiger partial charge is 0.458 e. The van der Waals surface area contributed by atoms with Gasteiger partial charge in [-0.2, -0.15) is 0 Å². The third-order valence-electron chi connectivity index (χ3n) is 11.6. The van der Waals surface area contributed by atoms with Crippen molar-refractivity contribution in [3.8, 4) is 0 Å². The van der Waals surface area contributed by atoms with E-state index in [0.717, 1.165) is 16.5 Å². The molecule has 0 spiro atoms. The molecule has 3 N–H and O–H groups in total. The van der Waals surface area contributed by atoms with Gasteiger partial charge in [0.15, 0.2) is 17.7 Å². The van der Waals surface area contributed by atoms with Gasteiger partial charge in [-0.1, -0.05) is 58.0 Å². The van der Waals surface area contributed by atoms with Crippen LogP contribution in [0.5, 0.6) is 0 Å². The van der Waals surface area contributed by atoms with Gasteiger partial charge in [-0.15, -0.1) is 0 Å². The quantitative estimate of drug-likeness (QED) is 0.250. The summed E-state index contributed by atoms with van der Waals surface area (Å²) in [4.78, 5) is 59.7. The first kappa shape index (κ1) is 41.4. The summed E-state index contributed by atoms with van der Waals surface area (Å²) in [5.74, 6) is -5.12. The number of amides is 1. The van der Waals surface area contributed by atoms with Gasteiger partial charge in [-0.05, 0) is 71.7 Å². The second kappa shape index (κ2) is 16.9. The van der Waals surface area contributed by atoms with Crippen LogP contribution in [0.3, 0.4) is 0 Å². The molecular weight excluding hydrogens is 694 g/mol. The number of benzene rings is 1. The molecule has 0 unspecified atom stereocenters. The number of rotatable bonds is 8. The van der Waals surface area contributed by atoms with E-state index in [-0.39, 0.29) is 37.4 Å². The van der Waals surface area contributed by atoms with Crippen LogP contribution in [0, 0.1) is 23.7 Å². The lowest BCUT2D eigenvalue weighted by atomic mass is 9.73. The van der Waals surface area contributed by atoms with Crippen LogP contribution < -0.4 is 10.6 Å². The van der Waals surface area contributed by atoms with E-state index in [9.17, 15) is 24.3 Å². The summed E-state index contributed by atoms with van der Waals surface area (Å²) in [5.41, 5.74) is -1.00. The van der Waals surface area contributed by atoms with E-state index < -0.39 is 83.4 Å². The van der Waals surface area contributed by atoms with Crippen LogP contribution in [0.15, 0.2) is 42.6 Å². The van der Waals surface area contributed by atoms with E-state index in [1.807, 2.05) is 49.4 Å². The van der Waals surface area contributed by atoms with E-state index in [0.29, 0.717) is 6.42 Å². The number of para-hydroxylation sites is 1. The molecule has 13 nitrogen and oxygen atoms in total. The molecule has 13 heteroatoms. The molecule has 296 valence electrons. The van der Waals surface area contributed by atoms with Gasteiger partial charge in [0.1, 0.15) is 23.9 Å². The second-order valence-electron chi connectivity index (χ2n) is 15.7. The number of alkyl carbamates (subject to hydrolysis) is 1. The van der Waals surface area contributed by atoms with Crippen molar-refractivity contribution >= 4 is 40.6 Å². The van der Waals surface area contributed by atoms with E-state index in [1.54, 1.807) is 54.8 Å². The number of pyridine rings is 1. The Hall–Kier alpha value is -3.75. The molecule has 3 aliphatic rings. The standard InChI is InChI=1S/C41H57N3O10/c1-10-31-41(8)35(44-39(49)54-41)24(4)32(45)22(2)20-40(7,50-17-13-14-27-19-28-15-11-12-16-29(28)43-21-27)36(25(5)33(46)26(6)37(48)52-31)53-38-34(47)30(42-9)18-23(3)51-38/h11-16,19,21-26,30-31,34-36,38,42,47H,10,17-18,20H2,1-9H3,(H,44,49)/b14-13+/t22-,23-,24+,25+,26-,30+,31-,34-,35-,36-,38+,40-,41-/m1/s1. The summed E-state index contributed by atoms with van der Waals surface area (Å²) >= 11 is 0. The average Bonchev–Trinajstić information content (AvgIpc) is 3.47. The smallest absolute Gasteiger partial charge is 0.408 e. The third kappa shape index (κ3) is 8.55. The number of aliphatic hydroxyl groups is 1. The number of aliphatic hydroxyl groups excluding tert-OH is 1. The van der Waals surface area contributed by atoms with Crippen molar-refractivity contribution in [2.45, 2.75) is 129 Å². The zero-order chi connectivity index (χ0) is 39.5. The Morgan fingerprint density at radius 2 is 1.78 bits per heavy atom. The van der Waals surface area contributed by atoms with Crippen LogP contribution in [0.25, 0.3) is 17.0 Å². The fourth-order valence-electron chi connectivity index (χ4n) is 8.53. The lowest BCUT2D eigenvalue weighted by Gasteiger charge is -2.46. The maximum absolute atomic E-state index is 14.4. The average molecular weight is 752 g/mol. The highest BCUT2D eigenvalue weighted by Gasteiger charge is 2.57. The molecule has 1 aromatic heterocycles. The molecule has 0 aliphatic carbocycles. The molecule has 1 amide bonds. The number of hydrogen-bond donors (Lipinski definition) is 3. The zero-order valence-corrected chi connectivity index (χ0v) is 32.9. The molecule has 0 saturated carbocycles. The molecule has 2 aromatic rings. The van der Waals surface area contributed by atoms with E-state index in [2.05, 4.69) is 15.6 Å². The van der Waals surface area contributed by atoms with Crippen molar-refractivity contribution in [1.29, 1.82) is 0 Å². The number of Topliss-reactive ketones (excluding diaryl/α,β-unsaturated/α-hetero) is 2. The molecule has 3 aliphatic heterocycles. The van der Waals surface area contributed by atoms with Crippen LogP contribution in [-0.4, -0.2) is 101 Å². The summed E-state index contributed by atoms with van der Waals surface area (Å²) in [7, 11) is 1.75. The number of likely N-dealkylation sites (N-methyl/N-ethyl adjacent to an activating group) is 1. The van der Waals surface area contributed by atoms with Crippen LogP contribution in [0.1, 0.15) is 80.2 Å². The molecule has 3 saturated heterocycles. The van der Waals surface area contributed by atoms with E-state index in [4.69, 9.17) is 23.7 Å². The molecule has 0 bridgehead atoms. The SMILES string of the molecule is CC[C@H]1OC(=O)[C@H](C)C(=O)[C@H](C)[C@@H](O[C@@H]2O[C@H](C)C[C@H](NC)[C@H]2O)[C@](C)(OC/C=C/c2cnc3ccccc3c2)C[C@@H](C)C(=O)[C@H](C)[C@H]2NC(=O)O[C@@]21C. The number of fused-ring (bicyclic) bond motifs is 2. The van der Waals surface area contributed by atoms with Crippen LogP contribution in [-0.2, 0) is 38.1 Å². The zero-order valence-electron chi connectivity index (χ0n) is 32.9.